The van der Waals surface area contributed by atoms with Crippen LogP contribution in [0.1, 0.15) is 57.1 Å². The molecule has 2 atom stereocenters. The first-order chi connectivity index (χ1) is 20.3. The Balaban J connectivity index is 1.37. The summed E-state index contributed by atoms with van der Waals surface area (Å²) < 4.78 is 120. The summed E-state index contributed by atoms with van der Waals surface area (Å²) >= 11 is 0. The second-order valence-electron chi connectivity index (χ2n) is 12.0. The average Bonchev–Trinajstić information content (AvgIpc) is 3.23. The van der Waals surface area contributed by atoms with E-state index in [4.69, 9.17) is 4.99 Å². The highest BCUT2D eigenvalue weighted by molar-refractivity contribution is 7.89. The summed E-state index contributed by atoms with van der Waals surface area (Å²) in [6.07, 6.45) is -8.85. The number of benzene rings is 2. The van der Waals surface area contributed by atoms with Crippen molar-refractivity contribution in [2.24, 2.45) is 10.4 Å². The van der Waals surface area contributed by atoms with Gasteiger partial charge in [-0.25, -0.2) is 12.8 Å². The minimum Gasteiger partial charge on any atom is -0.358 e. The topological polar surface area (TPSA) is 90.9 Å². The number of rotatable bonds is 10. The van der Waals surface area contributed by atoms with Crippen molar-refractivity contribution < 1.29 is 43.9 Å². The molecular weight excluding hydrogens is 617 g/mol. The van der Waals surface area contributed by atoms with Gasteiger partial charge in [0.05, 0.1) is 22.9 Å². The Morgan fingerprint density at radius 3 is 2.14 bits per heavy atom. The van der Waals surface area contributed by atoms with Gasteiger partial charge in [-0.1, -0.05) is 19.1 Å². The van der Waals surface area contributed by atoms with Crippen LogP contribution in [-0.4, -0.2) is 54.3 Å². The first-order valence-electron chi connectivity index (χ1n) is 14.0. The van der Waals surface area contributed by atoms with Crippen molar-refractivity contribution in [2.45, 2.75) is 86.9 Å². The third kappa shape index (κ3) is 5.68. The Morgan fingerprint density at radius 2 is 1.61 bits per heavy atom. The number of halogens is 7. The van der Waals surface area contributed by atoms with Gasteiger partial charge in [-0.05, 0) is 74.6 Å². The van der Waals surface area contributed by atoms with Gasteiger partial charge in [0, 0.05) is 24.0 Å². The van der Waals surface area contributed by atoms with E-state index in [1.165, 1.54) is 16.4 Å². The number of aliphatic imine (C=N–C) groups is 1. The van der Waals surface area contributed by atoms with E-state index in [-0.39, 0.29) is 11.4 Å². The number of alkyl halides is 6. The third-order valence-corrected chi connectivity index (χ3v) is 10.9. The molecule has 4 aliphatic rings. The number of amidine groups is 1. The normalized spacial score (nSPS) is 28.1. The Kier molecular flexibility index (Phi) is 7.84. The Hall–Kier alpha value is -3.20. The molecule has 1 amide bonds. The molecule has 2 aromatic carbocycles. The first kappa shape index (κ1) is 32.2. The van der Waals surface area contributed by atoms with E-state index in [1.54, 1.807) is 13.8 Å². The molecule has 7 nitrogen and oxygen atoms in total. The Labute approximate surface area is 250 Å². The smallest absolute Gasteiger partial charge is 0.358 e. The quantitative estimate of drug-likeness (QED) is 0.330. The second-order valence-corrected chi connectivity index (χ2v) is 13.9. The molecule has 3 fully saturated rings. The van der Waals surface area contributed by atoms with Gasteiger partial charge in [-0.3, -0.25) is 9.79 Å². The minimum atomic E-state index is -4.56. The van der Waals surface area contributed by atoms with Crippen molar-refractivity contribution in [1.29, 1.82) is 0 Å². The van der Waals surface area contributed by atoms with E-state index in [2.05, 4.69) is 10.6 Å². The molecule has 3 saturated carbocycles. The average molecular weight is 649 g/mol. The number of nitrogens with one attached hydrogen (secondary N) is 2. The van der Waals surface area contributed by atoms with Crippen LogP contribution in [-0.2, 0) is 27.5 Å². The van der Waals surface area contributed by atoms with Gasteiger partial charge in [-0.2, -0.15) is 30.6 Å². The van der Waals surface area contributed by atoms with Crippen molar-refractivity contribution in [1.82, 2.24) is 14.9 Å². The summed E-state index contributed by atoms with van der Waals surface area (Å²) in [6, 6.07) is 7.90. The van der Waals surface area contributed by atoms with Gasteiger partial charge in [0.1, 0.15) is 17.2 Å². The van der Waals surface area contributed by atoms with Crippen LogP contribution >= 0.6 is 0 Å². The summed E-state index contributed by atoms with van der Waals surface area (Å²) in [5.74, 6) is -0.783. The lowest BCUT2D eigenvalue weighted by Gasteiger charge is -2.73. The van der Waals surface area contributed by atoms with Gasteiger partial charge < -0.3 is 10.6 Å². The number of carbonyl (C=O) groups is 1. The molecule has 2 aromatic rings. The van der Waals surface area contributed by atoms with Crippen LogP contribution in [0.5, 0.6) is 0 Å². The van der Waals surface area contributed by atoms with E-state index in [1.807, 2.05) is 0 Å². The van der Waals surface area contributed by atoms with Crippen LogP contribution in [0.3, 0.4) is 0 Å². The van der Waals surface area contributed by atoms with E-state index in [0.29, 0.717) is 37.1 Å². The molecule has 0 unspecified atom stereocenters. The SMILES string of the molecule is CC[C@H]1N=C(C23CC(N(Cc4ccc(C(F)(F)F)cc4)S(=O)(=O)c4ccc(F)cc4)(C2)C3)N[C@@]1(C)C(=O)NCCC(F)(F)F. The van der Waals surface area contributed by atoms with Crippen LogP contribution in [0.4, 0.5) is 30.7 Å². The maximum absolute atomic E-state index is 13.9. The zero-order valence-electron chi connectivity index (χ0n) is 23.8. The summed E-state index contributed by atoms with van der Waals surface area (Å²) in [5.41, 5.74) is -3.37. The minimum absolute atomic E-state index is 0.171. The number of amides is 1. The summed E-state index contributed by atoms with van der Waals surface area (Å²) in [7, 11) is -4.23. The second kappa shape index (κ2) is 10.7. The molecule has 2 N–H and O–H groups in total. The first-order valence-corrected chi connectivity index (χ1v) is 15.4. The summed E-state index contributed by atoms with van der Waals surface area (Å²) in [4.78, 5) is 17.5. The summed E-state index contributed by atoms with van der Waals surface area (Å²) in [6.45, 7) is 2.55. The standard InChI is InChI=1S/C29H31F7N4O3S/c1-3-22-25(2,24(41)37-13-12-28(31,32)33)39-23(38-22)26-15-27(16-26,17-26)40(44(42,43)21-10-8-20(30)9-11-21)14-18-4-6-19(7-5-18)29(34,35)36/h4-11,22H,3,12-17H2,1-2H3,(H,37,41)(H,38,39)/t22-,25-,26?,27?/m1/s1. The van der Waals surface area contributed by atoms with E-state index in [9.17, 15) is 43.9 Å². The van der Waals surface area contributed by atoms with Crippen LogP contribution in [0.15, 0.2) is 58.4 Å². The molecule has 44 heavy (non-hydrogen) atoms. The molecule has 0 aromatic heterocycles. The van der Waals surface area contributed by atoms with Gasteiger partial charge in [0.2, 0.25) is 15.9 Å². The lowest BCUT2D eigenvalue weighted by molar-refractivity contribution is -0.151. The predicted molar refractivity (Wildman–Crippen MR) is 146 cm³/mol. The lowest BCUT2D eigenvalue weighted by Crippen LogP contribution is -2.79. The number of nitrogens with zero attached hydrogens (tertiary/aromatic N) is 2. The number of carbonyl (C=O) groups excluding carboxylic acids is 1. The maximum Gasteiger partial charge on any atom is 0.416 e. The molecule has 3 aliphatic carbocycles. The number of hydrogen-bond acceptors (Lipinski definition) is 5. The van der Waals surface area contributed by atoms with Gasteiger partial charge >= 0.3 is 12.4 Å². The van der Waals surface area contributed by atoms with E-state index < -0.39 is 75.2 Å². The molecule has 0 radical (unpaired) electrons. The van der Waals surface area contributed by atoms with Crippen LogP contribution < -0.4 is 10.6 Å². The van der Waals surface area contributed by atoms with Gasteiger partial charge in [-0.15, -0.1) is 0 Å². The third-order valence-electron chi connectivity index (χ3n) is 8.92. The van der Waals surface area contributed by atoms with E-state index in [0.717, 1.165) is 36.4 Å². The lowest BCUT2D eigenvalue weighted by atomic mass is 9.38. The fourth-order valence-corrected chi connectivity index (χ4v) is 8.34. The number of hydrogen-bond donors (Lipinski definition) is 2. The Bertz CT molecular complexity index is 1540. The molecule has 1 aliphatic heterocycles. The van der Waals surface area contributed by atoms with Gasteiger partial charge in [0.15, 0.2) is 0 Å². The fourth-order valence-electron chi connectivity index (χ4n) is 6.58. The molecule has 1 heterocycles. The monoisotopic (exact) mass is 648 g/mol. The predicted octanol–water partition coefficient (Wildman–Crippen LogP) is 5.57. The maximum atomic E-state index is 13.9. The van der Waals surface area contributed by atoms with Crippen molar-refractivity contribution in [3.05, 3.63) is 65.5 Å². The molecule has 6 rings (SSSR count). The van der Waals surface area contributed by atoms with E-state index >= 15 is 0 Å². The summed E-state index contributed by atoms with van der Waals surface area (Å²) in [5, 5.41) is 5.48. The van der Waals surface area contributed by atoms with Crippen LogP contribution in [0, 0.1) is 11.2 Å². The zero-order valence-corrected chi connectivity index (χ0v) is 24.6. The largest absolute Gasteiger partial charge is 0.416 e. The van der Waals surface area contributed by atoms with Crippen molar-refractivity contribution >= 4 is 21.8 Å². The highest BCUT2D eigenvalue weighted by Crippen LogP contribution is 2.71. The van der Waals surface area contributed by atoms with Crippen LogP contribution in [0.2, 0.25) is 0 Å². The molecule has 0 spiro atoms. The number of sulfonamides is 1. The van der Waals surface area contributed by atoms with Crippen molar-refractivity contribution in [2.75, 3.05) is 6.54 Å². The molecule has 240 valence electrons. The molecule has 0 saturated heterocycles. The molecule has 15 heteroatoms. The zero-order chi connectivity index (χ0) is 32.3. The van der Waals surface area contributed by atoms with Crippen LogP contribution in [0.25, 0.3) is 0 Å². The molecule has 2 bridgehead atoms. The fraction of sp³-hybridized carbons (Fsp3) is 0.517. The van der Waals surface area contributed by atoms with Crippen molar-refractivity contribution in [3.8, 4) is 0 Å². The van der Waals surface area contributed by atoms with Crippen molar-refractivity contribution in [3.63, 3.8) is 0 Å². The Morgan fingerprint density at radius 1 is 1.02 bits per heavy atom. The highest BCUT2D eigenvalue weighted by atomic mass is 32.2. The highest BCUT2D eigenvalue weighted by Gasteiger charge is 2.75. The molecular formula is C29H31F7N4O3S. The van der Waals surface area contributed by atoms with Gasteiger partial charge in [0.25, 0.3) is 0 Å².